The van der Waals surface area contributed by atoms with E-state index in [4.69, 9.17) is 0 Å². The van der Waals surface area contributed by atoms with Crippen LogP contribution in [0.15, 0.2) is 23.4 Å². The summed E-state index contributed by atoms with van der Waals surface area (Å²) in [6, 6.07) is 7.17. The molecule has 0 unspecified atom stereocenters. The smallest absolute Gasteiger partial charge is 0.230 e. The van der Waals surface area contributed by atoms with Gasteiger partial charge in [0, 0.05) is 25.2 Å². The van der Waals surface area contributed by atoms with Crippen molar-refractivity contribution >= 4 is 17.7 Å². The second-order valence-electron chi connectivity index (χ2n) is 7.49. The lowest BCUT2D eigenvalue weighted by atomic mass is 10.1. The summed E-state index contributed by atoms with van der Waals surface area (Å²) in [5, 5.41) is 15.8. The summed E-state index contributed by atoms with van der Waals surface area (Å²) in [6.45, 7) is 6.33. The van der Waals surface area contributed by atoms with E-state index in [-0.39, 0.29) is 5.91 Å². The van der Waals surface area contributed by atoms with Gasteiger partial charge in [-0.2, -0.15) is 4.68 Å². The van der Waals surface area contributed by atoms with Gasteiger partial charge in [-0.25, -0.2) is 0 Å². The number of piperidine rings is 1. The summed E-state index contributed by atoms with van der Waals surface area (Å²) in [6.07, 6.45) is 4.80. The van der Waals surface area contributed by atoms with E-state index in [2.05, 4.69) is 45.7 Å². The van der Waals surface area contributed by atoms with Crippen molar-refractivity contribution in [1.29, 1.82) is 0 Å². The predicted octanol–water partition coefficient (Wildman–Crippen LogP) is 2.11. The molecule has 0 spiro atoms. The van der Waals surface area contributed by atoms with E-state index in [0.717, 1.165) is 43.2 Å². The maximum absolute atomic E-state index is 12.4. The van der Waals surface area contributed by atoms with E-state index < -0.39 is 0 Å². The third-order valence-electron chi connectivity index (χ3n) is 5.54. The summed E-state index contributed by atoms with van der Waals surface area (Å²) >= 11 is 1.38. The van der Waals surface area contributed by atoms with Crippen LogP contribution in [0.25, 0.3) is 5.69 Å². The molecule has 1 aliphatic carbocycles. The first kappa shape index (κ1) is 18.4. The van der Waals surface area contributed by atoms with Gasteiger partial charge in [0.05, 0.1) is 11.4 Å². The second kappa shape index (κ2) is 7.98. The Labute approximate surface area is 163 Å². The molecule has 4 rings (SSSR count). The minimum absolute atomic E-state index is 0.0559. The molecule has 8 heteroatoms. The van der Waals surface area contributed by atoms with Crippen molar-refractivity contribution in [3.8, 4) is 5.69 Å². The molecule has 27 heavy (non-hydrogen) atoms. The van der Waals surface area contributed by atoms with Crippen LogP contribution in [0.1, 0.15) is 36.8 Å². The fraction of sp³-hybridized carbons (Fsp3) is 0.579. The Morgan fingerprint density at radius 2 is 2.00 bits per heavy atom. The van der Waals surface area contributed by atoms with Gasteiger partial charge < -0.3 is 10.2 Å². The largest absolute Gasteiger partial charge is 0.353 e. The third-order valence-corrected chi connectivity index (χ3v) is 6.45. The Morgan fingerprint density at radius 3 is 2.74 bits per heavy atom. The third kappa shape index (κ3) is 4.32. The van der Waals surface area contributed by atoms with Crippen LogP contribution >= 0.6 is 11.8 Å². The first-order valence-corrected chi connectivity index (χ1v) is 10.6. The van der Waals surface area contributed by atoms with Crippen LogP contribution in [0.2, 0.25) is 0 Å². The van der Waals surface area contributed by atoms with Gasteiger partial charge in [-0.1, -0.05) is 23.9 Å². The molecular weight excluding hydrogens is 360 g/mol. The molecule has 1 saturated heterocycles. The standard InChI is InChI=1S/C19H26N6OS/c1-13-4-3-5-17(14(13)2)25-19(21-22-23-25)27-12-18(26)20-15-8-10-24(11-9-15)16-6-7-16/h3-5,15-16H,6-12H2,1-2H3,(H,20,26). The molecule has 1 aromatic carbocycles. The van der Waals surface area contributed by atoms with Crippen LogP contribution in [0.5, 0.6) is 0 Å². The molecule has 1 saturated carbocycles. The highest BCUT2D eigenvalue weighted by molar-refractivity contribution is 7.99. The highest BCUT2D eigenvalue weighted by Crippen LogP contribution is 2.29. The number of amides is 1. The van der Waals surface area contributed by atoms with Crippen LogP contribution in [-0.4, -0.2) is 61.9 Å². The fourth-order valence-corrected chi connectivity index (χ4v) is 4.33. The van der Waals surface area contributed by atoms with Gasteiger partial charge in [-0.15, -0.1) is 5.10 Å². The van der Waals surface area contributed by atoms with Gasteiger partial charge in [-0.05, 0) is 67.2 Å². The first-order chi connectivity index (χ1) is 13.1. The number of likely N-dealkylation sites (tertiary alicyclic amines) is 1. The van der Waals surface area contributed by atoms with E-state index in [1.807, 2.05) is 12.1 Å². The number of aromatic nitrogens is 4. The SMILES string of the molecule is Cc1cccc(-n2nnnc2SCC(=O)NC2CCN(C3CC3)CC2)c1C. The Kier molecular flexibility index (Phi) is 5.45. The molecule has 2 aliphatic rings. The summed E-state index contributed by atoms with van der Waals surface area (Å²) < 4.78 is 1.72. The maximum Gasteiger partial charge on any atom is 0.230 e. The predicted molar refractivity (Wildman–Crippen MR) is 105 cm³/mol. The van der Waals surface area contributed by atoms with E-state index in [9.17, 15) is 4.79 Å². The first-order valence-electron chi connectivity index (χ1n) is 9.63. The van der Waals surface area contributed by atoms with Crippen molar-refractivity contribution in [2.75, 3.05) is 18.8 Å². The van der Waals surface area contributed by atoms with Crippen molar-refractivity contribution in [2.24, 2.45) is 0 Å². The molecule has 2 heterocycles. The Balaban J connectivity index is 1.31. The lowest BCUT2D eigenvalue weighted by Crippen LogP contribution is -2.45. The Hall–Kier alpha value is -1.93. The van der Waals surface area contributed by atoms with Gasteiger partial charge >= 0.3 is 0 Å². The average Bonchev–Trinajstić information content (AvgIpc) is 3.41. The van der Waals surface area contributed by atoms with Crippen molar-refractivity contribution in [3.05, 3.63) is 29.3 Å². The zero-order valence-corrected chi connectivity index (χ0v) is 16.7. The van der Waals surface area contributed by atoms with Crippen LogP contribution in [0, 0.1) is 13.8 Å². The van der Waals surface area contributed by atoms with E-state index in [1.54, 1.807) is 4.68 Å². The summed E-state index contributed by atoms with van der Waals surface area (Å²) in [7, 11) is 0. The van der Waals surface area contributed by atoms with Crippen molar-refractivity contribution in [2.45, 2.75) is 56.8 Å². The lowest BCUT2D eigenvalue weighted by Gasteiger charge is -2.32. The molecule has 1 amide bonds. The van der Waals surface area contributed by atoms with Crippen LogP contribution in [-0.2, 0) is 4.79 Å². The highest BCUT2D eigenvalue weighted by Gasteiger charge is 2.32. The average molecular weight is 387 g/mol. The number of nitrogens with zero attached hydrogens (tertiary/aromatic N) is 5. The summed E-state index contributed by atoms with van der Waals surface area (Å²) in [5.41, 5.74) is 3.28. The molecule has 0 bridgehead atoms. The van der Waals surface area contributed by atoms with E-state index >= 15 is 0 Å². The molecule has 1 aliphatic heterocycles. The number of carbonyl (C=O) groups excluding carboxylic acids is 1. The summed E-state index contributed by atoms with van der Waals surface area (Å²) in [4.78, 5) is 14.9. The quantitative estimate of drug-likeness (QED) is 0.767. The fourth-order valence-electron chi connectivity index (χ4n) is 3.63. The molecular formula is C19H26N6OS. The number of tetrazole rings is 1. The molecule has 0 radical (unpaired) electrons. The minimum Gasteiger partial charge on any atom is -0.353 e. The molecule has 7 nitrogen and oxygen atoms in total. The normalized spacial score (nSPS) is 18.6. The molecule has 2 fully saturated rings. The van der Waals surface area contributed by atoms with Gasteiger partial charge in [0.1, 0.15) is 0 Å². The highest BCUT2D eigenvalue weighted by atomic mass is 32.2. The molecule has 1 N–H and O–H groups in total. The monoisotopic (exact) mass is 386 g/mol. The van der Waals surface area contributed by atoms with Crippen molar-refractivity contribution in [1.82, 2.24) is 30.4 Å². The van der Waals surface area contributed by atoms with Gasteiger partial charge in [-0.3, -0.25) is 4.79 Å². The van der Waals surface area contributed by atoms with Gasteiger partial charge in [0.25, 0.3) is 0 Å². The number of thioether (sulfide) groups is 1. The number of nitrogens with one attached hydrogen (secondary N) is 1. The van der Waals surface area contributed by atoms with Crippen LogP contribution in [0.4, 0.5) is 0 Å². The zero-order valence-electron chi connectivity index (χ0n) is 15.9. The van der Waals surface area contributed by atoms with Crippen LogP contribution < -0.4 is 5.32 Å². The molecule has 1 aromatic heterocycles. The Bertz CT molecular complexity index is 810. The van der Waals surface area contributed by atoms with Crippen molar-refractivity contribution in [3.63, 3.8) is 0 Å². The molecule has 144 valence electrons. The zero-order chi connectivity index (χ0) is 18.8. The van der Waals surface area contributed by atoms with Crippen LogP contribution in [0.3, 0.4) is 0 Å². The van der Waals surface area contributed by atoms with E-state index in [1.165, 1.54) is 30.2 Å². The maximum atomic E-state index is 12.4. The minimum atomic E-state index is 0.0559. The number of hydrogen-bond acceptors (Lipinski definition) is 6. The summed E-state index contributed by atoms with van der Waals surface area (Å²) in [5.74, 6) is 0.383. The number of aryl methyl sites for hydroxylation is 1. The lowest BCUT2D eigenvalue weighted by molar-refractivity contribution is -0.119. The number of carbonyl (C=O) groups is 1. The second-order valence-corrected chi connectivity index (χ2v) is 8.43. The van der Waals surface area contributed by atoms with E-state index in [0.29, 0.717) is 17.0 Å². The topological polar surface area (TPSA) is 75.9 Å². The number of hydrogen-bond donors (Lipinski definition) is 1. The van der Waals surface area contributed by atoms with Crippen molar-refractivity contribution < 1.29 is 4.79 Å². The van der Waals surface area contributed by atoms with Gasteiger partial charge in [0.2, 0.25) is 11.1 Å². The molecule has 2 aromatic rings. The number of rotatable bonds is 6. The molecule has 0 atom stereocenters. The Morgan fingerprint density at radius 1 is 1.22 bits per heavy atom. The van der Waals surface area contributed by atoms with Gasteiger partial charge in [0.15, 0.2) is 0 Å². The number of benzene rings is 1.